The molecule has 3 rings (SSSR count). The van der Waals surface area contributed by atoms with Crippen LogP contribution in [-0.2, 0) is 6.54 Å². The summed E-state index contributed by atoms with van der Waals surface area (Å²) in [7, 11) is 0. The third kappa shape index (κ3) is 4.61. The topological polar surface area (TPSA) is 84.1 Å². The van der Waals surface area contributed by atoms with Gasteiger partial charge in [-0.2, -0.15) is 4.98 Å². The van der Waals surface area contributed by atoms with Gasteiger partial charge in [-0.15, -0.1) is 0 Å². The maximum atomic E-state index is 12.5. The summed E-state index contributed by atoms with van der Waals surface area (Å²) >= 11 is 0. The Labute approximate surface area is 159 Å². The Morgan fingerprint density at radius 1 is 1.07 bits per heavy atom. The number of amides is 1. The predicted octanol–water partition coefficient (Wildman–Crippen LogP) is 3.73. The van der Waals surface area contributed by atoms with E-state index < -0.39 is 0 Å². The fourth-order valence-corrected chi connectivity index (χ4v) is 2.68. The lowest BCUT2D eigenvalue weighted by Crippen LogP contribution is -2.32. The van der Waals surface area contributed by atoms with E-state index in [2.05, 4.69) is 41.3 Å². The van der Waals surface area contributed by atoms with Gasteiger partial charge in [0.1, 0.15) is 11.4 Å². The van der Waals surface area contributed by atoms with Crippen molar-refractivity contribution in [3.05, 3.63) is 78.0 Å². The second-order valence-corrected chi connectivity index (χ2v) is 6.50. The molecule has 0 aliphatic heterocycles. The van der Waals surface area contributed by atoms with Gasteiger partial charge in [0.25, 0.3) is 5.91 Å². The van der Waals surface area contributed by atoms with Crippen molar-refractivity contribution in [1.29, 1.82) is 0 Å². The number of para-hydroxylation sites is 1. The maximum absolute atomic E-state index is 12.5. The van der Waals surface area contributed by atoms with Crippen molar-refractivity contribution < 1.29 is 4.79 Å². The van der Waals surface area contributed by atoms with Crippen molar-refractivity contribution >= 4 is 23.4 Å². The summed E-state index contributed by atoms with van der Waals surface area (Å²) < 4.78 is 0. The van der Waals surface area contributed by atoms with Crippen molar-refractivity contribution in [2.24, 2.45) is 0 Å². The second kappa shape index (κ2) is 8.31. The van der Waals surface area contributed by atoms with E-state index in [4.69, 9.17) is 5.73 Å². The number of nitrogens with one attached hydrogen (secondary N) is 1. The second-order valence-electron chi connectivity index (χ2n) is 6.50. The molecule has 0 fully saturated rings. The molecule has 3 aromatic rings. The van der Waals surface area contributed by atoms with E-state index in [-0.39, 0.29) is 23.3 Å². The third-order valence-electron chi connectivity index (χ3n) is 4.16. The van der Waals surface area contributed by atoms with Gasteiger partial charge in [0, 0.05) is 24.5 Å². The van der Waals surface area contributed by atoms with E-state index in [1.807, 2.05) is 53.4 Å². The maximum Gasteiger partial charge on any atom is 0.260 e. The number of rotatable bonds is 6. The van der Waals surface area contributed by atoms with Crippen molar-refractivity contribution in [2.75, 3.05) is 16.0 Å². The van der Waals surface area contributed by atoms with E-state index in [9.17, 15) is 4.79 Å². The van der Waals surface area contributed by atoms with Crippen molar-refractivity contribution in [3.8, 4) is 0 Å². The van der Waals surface area contributed by atoms with Crippen LogP contribution in [0.4, 0.5) is 17.5 Å². The van der Waals surface area contributed by atoms with Crippen LogP contribution >= 0.6 is 0 Å². The number of aromatic nitrogens is 2. The quantitative estimate of drug-likeness (QED) is 0.699. The van der Waals surface area contributed by atoms with Gasteiger partial charge >= 0.3 is 0 Å². The van der Waals surface area contributed by atoms with Crippen LogP contribution in [0.3, 0.4) is 0 Å². The summed E-state index contributed by atoms with van der Waals surface area (Å²) in [6, 6.07) is 19.5. The highest BCUT2D eigenvalue weighted by molar-refractivity contribution is 6.07. The highest BCUT2D eigenvalue weighted by Crippen LogP contribution is 2.19. The van der Waals surface area contributed by atoms with E-state index in [1.54, 1.807) is 0 Å². The highest BCUT2D eigenvalue weighted by atomic mass is 16.1. The van der Waals surface area contributed by atoms with Crippen LogP contribution in [0.1, 0.15) is 29.8 Å². The number of nitrogen functional groups attached to an aromatic ring is 1. The monoisotopic (exact) mass is 361 g/mol. The molecular formula is C21H23N5O. The molecule has 1 aromatic heterocycles. The molecule has 1 heterocycles. The number of nitrogens with zero attached hydrogens (tertiary/aromatic N) is 3. The van der Waals surface area contributed by atoms with E-state index in [1.165, 1.54) is 6.20 Å². The van der Waals surface area contributed by atoms with Crippen LogP contribution in [0.15, 0.2) is 66.9 Å². The van der Waals surface area contributed by atoms with Gasteiger partial charge in [-0.05, 0) is 31.5 Å². The fourth-order valence-electron chi connectivity index (χ4n) is 2.68. The van der Waals surface area contributed by atoms with Gasteiger partial charge in [-0.1, -0.05) is 48.5 Å². The Bertz CT molecular complexity index is 897. The van der Waals surface area contributed by atoms with E-state index >= 15 is 0 Å². The normalized spacial score (nSPS) is 10.6. The number of benzene rings is 2. The van der Waals surface area contributed by atoms with Gasteiger partial charge in [0.05, 0.1) is 0 Å². The molecule has 0 unspecified atom stereocenters. The molecule has 0 aliphatic rings. The van der Waals surface area contributed by atoms with Gasteiger partial charge in [0.2, 0.25) is 5.95 Å². The third-order valence-corrected chi connectivity index (χ3v) is 4.16. The summed E-state index contributed by atoms with van der Waals surface area (Å²) in [6.45, 7) is 4.80. The summed E-state index contributed by atoms with van der Waals surface area (Å²) in [6.07, 6.45) is 1.48. The molecule has 0 saturated carbocycles. The Morgan fingerprint density at radius 2 is 1.70 bits per heavy atom. The van der Waals surface area contributed by atoms with E-state index in [0.29, 0.717) is 18.2 Å². The summed E-state index contributed by atoms with van der Waals surface area (Å²) in [5.74, 6) is 0.333. The molecule has 6 nitrogen and oxygen atoms in total. The molecule has 0 radical (unpaired) electrons. The standard InChI is InChI=1S/C21H23N5O/c1-15(2)26(14-16-9-5-3-6-10-16)21-23-13-18(19(22)25-21)20(27)24-17-11-7-4-8-12-17/h3-13,15H,14H2,1-2H3,(H,24,27)(H2,22,23,25). The number of hydrogen-bond donors (Lipinski definition) is 2. The SMILES string of the molecule is CC(C)N(Cc1ccccc1)c1ncc(C(=O)Nc2ccccc2)c(N)n1. The first kappa shape index (κ1) is 18.4. The molecular weight excluding hydrogens is 338 g/mol. The van der Waals surface area contributed by atoms with E-state index in [0.717, 1.165) is 5.56 Å². The molecule has 0 aliphatic carbocycles. The van der Waals surface area contributed by atoms with Crippen molar-refractivity contribution in [1.82, 2.24) is 9.97 Å². The minimum absolute atomic E-state index is 0.159. The Morgan fingerprint density at radius 3 is 2.30 bits per heavy atom. The van der Waals surface area contributed by atoms with Crippen LogP contribution in [-0.4, -0.2) is 21.9 Å². The lowest BCUT2D eigenvalue weighted by molar-refractivity contribution is 0.102. The van der Waals surface area contributed by atoms with Gasteiger partial charge < -0.3 is 16.0 Å². The average molecular weight is 361 g/mol. The first-order valence-electron chi connectivity index (χ1n) is 8.84. The first-order chi connectivity index (χ1) is 13.0. The Kier molecular flexibility index (Phi) is 5.66. The number of nitrogens with two attached hydrogens (primary N) is 1. The zero-order valence-corrected chi connectivity index (χ0v) is 15.5. The van der Waals surface area contributed by atoms with Crippen LogP contribution in [0, 0.1) is 0 Å². The first-order valence-corrected chi connectivity index (χ1v) is 8.84. The summed E-state index contributed by atoms with van der Waals surface area (Å²) in [4.78, 5) is 23.3. The number of carbonyl (C=O) groups is 1. The predicted molar refractivity (Wildman–Crippen MR) is 109 cm³/mol. The van der Waals surface area contributed by atoms with Gasteiger partial charge in [-0.3, -0.25) is 4.79 Å². The number of anilines is 3. The minimum Gasteiger partial charge on any atom is -0.383 e. The molecule has 3 N–H and O–H groups in total. The van der Waals surface area contributed by atoms with Crippen LogP contribution in [0.5, 0.6) is 0 Å². The van der Waals surface area contributed by atoms with Crippen LogP contribution < -0.4 is 16.0 Å². The van der Waals surface area contributed by atoms with Gasteiger partial charge in [-0.25, -0.2) is 4.98 Å². The molecule has 0 spiro atoms. The average Bonchev–Trinajstić information content (AvgIpc) is 2.67. The van der Waals surface area contributed by atoms with Crippen molar-refractivity contribution in [2.45, 2.75) is 26.4 Å². The number of carbonyl (C=O) groups excluding carboxylic acids is 1. The molecule has 1 amide bonds. The minimum atomic E-state index is -0.329. The smallest absolute Gasteiger partial charge is 0.260 e. The molecule has 138 valence electrons. The Hall–Kier alpha value is -3.41. The molecule has 0 saturated heterocycles. The number of hydrogen-bond acceptors (Lipinski definition) is 5. The lowest BCUT2D eigenvalue weighted by Gasteiger charge is -2.27. The molecule has 27 heavy (non-hydrogen) atoms. The highest BCUT2D eigenvalue weighted by Gasteiger charge is 2.18. The molecule has 0 bridgehead atoms. The molecule has 6 heteroatoms. The molecule has 0 atom stereocenters. The summed E-state index contributed by atoms with van der Waals surface area (Å²) in [5, 5.41) is 2.80. The fraction of sp³-hybridized carbons (Fsp3) is 0.190. The summed E-state index contributed by atoms with van der Waals surface area (Å²) in [5.41, 5.74) is 8.17. The molecule has 2 aromatic carbocycles. The Balaban J connectivity index is 1.80. The van der Waals surface area contributed by atoms with Crippen LogP contribution in [0.2, 0.25) is 0 Å². The zero-order chi connectivity index (χ0) is 19.2. The zero-order valence-electron chi connectivity index (χ0n) is 15.5. The van der Waals surface area contributed by atoms with Crippen LogP contribution in [0.25, 0.3) is 0 Å². The largest absolute Gasteiger partial charge is 0.383 e. The lowest BCUT2D eigenvalue weighted by atomic mass is 10.2. The van der Waals surface area contributed by atoms with Gasteiger partial charge in [0.15, 0.2) is 0 Å². The van der Waals surface area contributed by atoms with Crippen molar-refractivity contribution in [3.63, 3.8) is 0 Å².